The number of benzene rings is 1. The van der Waals surface area contributed by atoms with Gasteiger partial charge in [0.05, 0.1) is 11.5 Å². The molecule has 1 amide bonds. The molecule has 0 spiro atoms. The Hall–Kier alpha value is -2.28. The summed E-state index contributed by atoms with van der Waals surface area (Å²) in [6.45, 7) is 0. The maximum absolute atomic E-state index is 13.0. The minimum Gasteiger partial charge on any atom is -0.338 e. The first-order chi connectivity index (χ1) is 11.8. The molecule has 0 bridgehead atoms. The molecule has 2 heterocycles. The van der Waals surface area contributed by atoms with E-state index in [1.165, 1.54) is 17.0 Å². The Morgan fingerprint density at radius 3 is 2.64 bits per heavy atom. The number of pyridine rings is 1. The van der Waals surface area contributed by atoms with Crippen LogP contribution in [0.3, 0.4) is 0 Å². The summed E-state index contributed by atoms with van der Waals surface area (Å²) in [5, 5.41) is 0. The Bertz CT molecular complexity index is 881. The summed E-state index contributed by atoms with van der Waals surface area (Å²) >= 11 is 0. The van der Waals surface area contributed by atoms with Gasteiger partial charge < -0.3 is 4.90 Å². The molecule has 0 N–H and O–H groups in total. The second kappa shape index (κ2) is 6.92. The zero-order chi connectivity index (χ0) is 18.0. The van der Waals surface area contributed by atoms with Crippen LogP contribution in [-0.2, 0) is 16.3 Å². The van der Waals surface area contributed by atoms with E-state index in [1.807, 2.05) is 0 Å². The Balaban J connectivity index is 1.74. The first-order valence-corrected chi connectivity index (χ1v) is 9.83. The molecular weight excluding hydrogens is 343 g/mol. The quantitative estimate of drug-likeness (QED) is 0.835. The number of carbonyl (C=O) groups is 1. The lowest BCUT2D eigenvalue weighted by Gasteiger charge is -2.23. The normalized spacial score (nSPS) is 18.9. The highest BCUT2D eigenvalue weighted by Crippen LogP contribution is 2.19. The molecular formula is C18H19FN2O3S. The lowest BCUT2D eigenvalue weighted by Crippen LogP contribution is -2.37. The number of sulfone groups is 1. The standard InChI is InChI=1S/C18H19FN2O3S/c1-21(17-7-9-25(23,24)12-17)18(22)14-6-8-20-16(11-14)10-13-2-4-15(19)5-3-13/h2-6,8,11,17H,7,9-10,12H2,1H3/t17-/m1/s1. The van der Waals surface area contributed by atoms with Crippen LogP contribution in [0.5, 0.6) is 0 Å². The van der Waals surface area contributed by atoms with Crippen LogP contribution in [0.4, 0.5) is 4.39 Å². The molecule has 1 atom stereocenters. The Labute approximate surface area is 146 Å². The maximum atomic E-state index is 13.0. The number of rotatable bonds is 4. The van der Waals surface area contributed by atoms with E-state index < -0.39 is 9.84 Å². The molecule has 132 valence electrons. The van der Waals surface area contributed by atoms with Gasteiger partial charge in [-0.2, -0.15) is 0 Å². The molecule has 0 radical (unpaired) electrons. The van der Waals surface area contributed by atoms with Gasteiger partial charge in [0.1, 0.15) is 5.82 Å². The van der Waals surface area contributed by atoms with Gasteiger partial charge >= 0.3 is 0 Å². The predicted octanol–water partition coefficient (Wildman–Crippen LogP) is 2.07. The number of nitrogens with zero attached hydrogens (tertiary/aromatic N) is 2. The van der Waals surface area contributed by atoms with Crippen molar-refractivity contribution >= 4 is 15.7 Å². The van der Waals surface area contributed by atoms with E-state index in [0.717, 1.165) is 5.56 Å². The summed E-state index contributed by atoms with van der Waals surface area (Å²) in [6, 6.07) is 9.17. The second-order valence-corrected chi connectivity index (χ2v) is 8.54. The third-order valence-electron chi connectivity index (χ3n) is 4.44. The molecule has 0 saturated carbocycles. The Morgan fingerprint density at radius 2 is 2.00 bits per heavy atom. The fraction of sp³-hybridized carbons (Fsp3) is 0.333. The summed E-state index contributed by atoms with van der Waals surface area (Å²) in [5.41, 5.74) is 2.07. The number of hydrogen-bond donors (Lipinski definition) is 0. The zero-order valence-corrected chi connectivity index (χ0v) is 14.7. The van der Waals surface area contributed by atoms with E-state index in [-0.39, 0.29) is 29.3 Å². The van der Waals surface area contributed by atoms with Crippen LogP contribution in [0, 0.1) is 5.82 Å². The molecule has 1 saturated heterocycles. The first kappa shape index (κ1) is 17.5. The number of halogens is 1. The lowest BCUT2D eigenvalue weighted by molar-refractivity contribution is 0.0747. The zero-order valence-electron chi connectivity index (χ0n) is 13.9. The van der Waals surface area contributed by atoms with E-state index in [9.17, 15) is 17.6 Å². The van der Waals surface area contributed by atoms with Gasteiger partial charge in [-0.1, -0.05) is 12.1 Å². The summed E-state index contributed by atoms with van der Waals surface area (Å²) in [4.78, 5) is 18.4. The van der Waals surface area contributed by atoms with E-state index in [0.29, 0.717) is 24.1 Å². The molecule has 3 rings (SSSR count). The molecule has 5 nitrogen and oxygen atoms in total. The molecule has 0 aliphatic carbocycles. The van der Waals surface area contributed by atoms with Crippen molar-refractivity contribution in [2.24, 2.45) is 0 Å². The largest absolute Gasteiger partial charge is 0.338 e. The molecule has 1 aliphatic rings. The number of amides is 1. The van der Waals surface area contributed by atoms with E-state index >= 15 is 0 Å². The van der Waals surface area contributed by atoms with Gasteiger partial charge in [0.25, 0.3) is 5.91 Å². The third kappa shape index (κ3) is 4.22. The van der Waals surface area contributed by atoms with Crippen molar-refractivity contribution in [1.82, 2.24) is 9.88 Å². The molecule has 0 unspecified atom stereocenters. The minimum absolute atomic E-state index is 0.0166. The Morgan fingerprint density at radius 1 is 1.28 bits per heavy atom. The molecule has 7 heteroatoms. The fourth-order valence-corrected chi connectivity index (χ4v) is 4.74. The number of carbonyl (C=O) groups excluding carboxylic acids is 1. The van der Waals surface area contributed by atoms with Crippen LogP contribution in [0.1, 0.15) is 28.0 Å². The van der Waals surface area contributed by atoms with Crippen molar-refractivity contribution < 1.29 is 17.6 Å². The maximum Gasteiger partial charge on any atom is 0.253 e. The van der Waals surface area contributed by atoms with Crippen LogP contribution in [0.15, 0.2) is 42.6 Å². The predicted molar refractivity (Wildman–Crippen MR) is 92.6 cm³/mol. The number of hydrogen-bond acceptors (Lipinski definition) is 4. The molecule has 1 aromatic carbocycles. The monoisotopic (exact) mass is 362 g/mol. The first-order valence-electron chi connectivity index (χ1n) is 8.01. The minimum atomic E-state index is -3.05. The highest BCUT2D eigenvalue weighted by Gasteiger charge is 2.33. The van der Waals surface area contributed by atoms with Gasteiger partial charge in [0.15, 0.2) is 9.84 Å². The van der Waals surface area contributed by atoms with Crippen molar-refractivity contribution in [2.75, 3.05) is 18.6 Å². The Kier molecular flexibility index (Phi) is 4.85. The van der Waals surface area contributed by atoms with Crippen LogP contribution in [-0.4, -0.2) is 48.8 Å². The molecule has 1 aromatic heterocycles. The van der Waals surface area contributed by atoms with E-state index in [2.05, 4.69) is 4.98 Å². The average molecular weight is 362 g/mol. The van der Waals surface area contributed by atoms with Gasteiger partial charge in [-0.05, 0) is 36.2 Å². The van der Waals surface area contributed by atoms with Gasteiger partial charge in [-0.3, -0.25) is 9.78 Å². The highest BCUT2D eigenvalue weighted by molar-refractivity contribution is 7.91. The van der Waals surface area contributed by atoms with E-state index in [1.54, 1.807) is 37.5 Å². The molecule has 1 aliphatic heterocycles. The van der Waals surface area contributed by atoms with Gasteiger partial charge in [0.2, 0.25) is 0 Å². The topological polar surface area (TPSA) is 67.3 Å². The summed E-state index contributed by atoms with van der Waals surface area (Å²) in [7, 11) is -1.41. The van der Waals surface area contributed by atoms with Crippen LogP contribution < -0.4 is 0 Å². The summed E-state index contributed by atoms with van der Waals surface area (Å²) < 4.78 is 36.2. The lowest BCUT2D eigenvalue weighted by atomic mass is 10.1. The van der Waals surface area contributed by atoms with Crippen molar-refractivity contribution in [3.8, 4) is 0 Å². The third-order valence-corrected chi connectivity index (χ3v) is 6.19. The van der Waals surface area contributed by atoms with Crippen molar-refractivity contribution in [2.45, 2.75) is 18.9 Å². The SMILES string of the molecule is CN(C(=O)c1ccnc(Cc2ccc(F)cc2)c1)[C@@H]1CCS(=O)(=O)C1. The van der Waals surface area contributed by atoms with E-state index in [4.69, 9.17) is 0 Å². The van der Waals surface area contributed by atoms with Gasteiger partial charge in [-0.25, -0.2) is 12.8 Å². The van der Waals surface area contributed by atoms with Crippen LogP contribution >= 0.6 is 0 Å². The second-order valence-electron chi connectivity index (χ2n) is 6.31. The summed E-state index contributed by atoms with van der Waals surface area (Å²) in [5.74, 6) is -0.372. The van der Waals surface area contributed by atoms with Crippen molar-refractivity contribution in [3.63, 3.8) is 0 Å². The molecule has 2 aromatic rings. The fourth-order valence-electron chi connectivity index (χ4n) is 2.97. The van der Waals surface area contributed by atoms with Crippen molar-refractivity contribution in [3.05, 3.63) is 65.2 Å². The summed E-state index contributed by atoms with van der Waals surface area (Å²) in [6.07, 6.45) is 2.52. The molecule has 25 heavy (non-hydrogen) atoms. The van der Waals surface area contributed by atoms with Crippen LogP contribution in [0.2, 0.25) is 0 Å². The van der Waals surface area contributed by atoms with Gasteiger partial charge in [0, 0.05) is 37.0 Å². The van der Waals surface area contributed by atoms with Crippen molar-refractivity contribution in [1.29, 1.82) is 0 Å². The highest BCUT2D eigenvalue weighted by atomic mass is 32.2. The van der Waals surface area contributed by atoms with Gasteiger partial charge in [-0.15, -0.1) is 0 Å². The average Bonchev–Trinajstić information content (AvgIpc) is 2.96. The van der Waals surface area contributed by atoms with Crippen LogP contribution in [0.25, 0.3) is 0 Å². The molecule has 1 fully saturated rings. The smallest absolute Gasteiger partial charge is 0.253 e. The number of aromatic nitrogens is 1.